The zero-order chi connectivity index (χ0) is 55.4. The monoisotopic (exact) mass is 1060 g/mol. The molecule has 22 nitrogen and oxygen atoms in total. The van der Waals surface area contributed by atoms with Gasteiger partial charge in [-0.2, -0.15) is 0 Å². The van der Waals surface area contributed by atoms with Crippen molar-refractivity contribution in [3.05, 3.63) is 98.9 Å². The lowest BCUT2D eigenvalue weighted by molar-refractivity contribution is -0.237. The van der Waals surface area contributed by atoms with Gasteiger partial charge >= 0.3 is 6.09 Å². The number of ether oxygens (including phenoxy) is 2. The highest BCUT2D eigenvalue weighted by molar-refractivity contribution is 6.02. The van der Waals surface area contributed by atoms with Crippen molar-refractivity contribution in [2.75, 3.05) is 46.3 Å². The normalized spacial score (nSPS) is 18.7. The van der Waals surface area contributed by atoms with E-state index in [0.29, 0.717) is 29.9 Å². The third-order valence-electron chi connectivity index (χ3n) is 13.7. The lowest BCUT2D eigenvalue weighted by Gasteiger charge is -2.41. The number of aromatic nitrogens is 2. The van der Waals surface area contributed by atoms with Crippen LogP contribution in [-0.4, -0.2) is 142 Å². The molecule has 0 bridgehead atoms. The van der Waals surface area contributed by atoms with Crippen LogP contribution in [0, 0.1) is 0 Å². The Labute approximate surface area is 446 Å². The summed E-state index contributed by atoms with van der Waals surface area (Å²) in [5.74, 6) is -2.85. The molecule has 0 radical (unpaired) electrons. The van der Waals surface area contributed by atoms with Crippen molar-refractivity contribution in [1.82, 2.24) is 45.9 Å². The van der Waals surface area contributed by atoms with Gasteiger partial charge in [0.2, 0.25) is 35.4 Å². The van der Waals surface area contributed by atoms with Crippen molar-refractivity contribution in [1.29, 1.82) is 0 Å². The van der Waals surface area contributed by atoms with Crippen LogP contribution in [0.2, 0.25) is 0 Å². The molecule has 4 aliphatic rings. The number of oxime groups is 1. The first-order valence-corrected chi connectivity index (χ1v) is 26.1. The molecule has 77 heavy (non-hydrogen) atoms. The number of aliphatic hydroxyl groups excluding tert-OH is 1. The summed E-state index contributed by atoms with van der Waals surface area (Å²) in [5.41, 5.74) is 1.69. The zero-order valence-corrected chi connectivity index (χ0v) is 44.6. The van der Waals surface area contributed by atoms with Crippen molar-refractivity contribution in [2.45, 2.75) is 129 Å². The fraction of sp³-hybridized carbons (Fsp3) is 0.491. The van der Waals surface area contributed by atoms with Gasteiger partial charge in [-0.1, -0.05) is 61.0 Å². The predicted molar refractivity (Wildman–Crippen MR) is 285 cm³/mol. The molecule has 412 valence electrons. The molecule has 5 heterocycles. The van der Waals surface area contributed by atoms with E-state index in [1.54, 1.807) is 34.7 Å². The van der Waals surface area contributed by atoms with Gasteiger partial charge in [0.15, 0.2) is 11.9 Å². The topological polar surface area (TPSA) is 281 Å². The van der Waals surface area contributed by atoms with Gasteiger partial charge in [0.1, 0.15) is 11.6 Å². The van der Waals surface area contributed by atoms with Crippen LogP contribution in [0.25, 0.3) is 22.3 Å². The van der Waals surface area contributed by atoms with E-state index in [9.17, 15) is 43.5 Å². The number of amides is 7. The summed E-state index contributed by atoms with van der Waals surface area (Å²) in [6.45, 7) is 8.43. The number of nitrogens with zero attached hydrogens (tertiary/aromatic N) is 5. The molecule has 3 aromatic rings. The number of unbranched alkanes of at least 4 members (excludes halogenated alkanes) is 2. The van der Waals surface area contributed by atoms with E-state index in [-0.39, 0.29) is 81.0 Å². The Balaban J connectivity index is 0.895. The van der Waals surface area contributed by atoms with Crippen LogP contribution in [0.3, 0.4) is 0 Å². The summed E-state index contributed by atoms with van der Waals surface area (Å²) in [5, 5.41) is 29.3. The number of carbonyl (C=O) groups excluding carboxylic acids is 7. The van der Waals surface area contributed by atoms with Gasteiger partial charge in [0.05, 0.1) is 61.5 Å². The lowest BCUT2D eigenvalue weighted by Crippen LogP contribution is -2.52. The van der Waals surface area contributed by atoms with Gasteiger partial charge in [-0.15, -0.1) is 0 Å². The second-order valence-corrected chi connectivity index (χ2v) is 20.5. The first kappa shape index (κ1) is 57.0. The number of hydrogen-bond acceptors (Lipinski definition) is 14. The molecule has 6 N–H and O–H groups in total. The largest absolute Gasteiger partial charge is 0.432 e. The summed E-state index contributed by atoms with van der Waals surface area (Å²) in [6, 6.07) is 8.21. The Bertz CT molecular complexity index is 2940. The molecule has 0 spiro atoms. The first-order chi connectivity index (χ1) is 36.8. The highest BCUT2D eigenvalue weighted by atomic mass is 16.7. The SMILES string of the molecule is CC[C@@]1(OC(=O)N(C)CCNC(=O)CNC(=O)[C@H](CC2=CCCC=C2)NC(=O)CNC(=O)CNC(=O)CCCCCN2C(=O)C=CC2C)c2cc3n(c(=O)c2COC1O)Cc1c-3nc2ccccc2c1/C=N/OC(C)(C)C. The van der Waals surface area contributed by atoms with Gasteiger partial charge in [-0.05, 0) is 77.5 Å². The van der Waals surface area contributed by atoms with Gasteiger partial charge in [-0.3, -0.25) is 33.6 Å². The van der Waals surface area contributed by atoms with Crippen molar-refractivity contribution in [3.8, 4) is 11.4 Å². The quantitative estimate of drug-likeness (QED) is 0.0355. The number of fused-ring (bicyclic) bond motifs is 5. The number of benzene rings is 1. The van der Waals surface area contributed by atoms with E-state index in [2.05, 4.69) is 31.7 Å². The van der Waals surface area contributed by atoms with E-state index in [0.717, 1.165) is 47.8 Å². The molecule has 1 aromatic carbocycles. The van der Waals surface area contributed by atoms with E-state index < -0.39 is 71.9 Å². The number of para-hydroxylation sites is 1. The maximum Gasteiger partial charge on any atom is 0.410 e. The molecular weight excluding hydrogens is 993 g/mol. The number of allylic oxidation sites excluding steroid dienone is 3. The molecule has 4 atom stereocenters. The molecule has 0 saturated carbocycles. The number of likely N-dealkylation sites (N-methyl/N-ethyl adjacent to an activating group) is 1. The van der Waals surface area contributed by atoms with Gasteiger partial charge < -0.3 is 60.4 Å². The average Bonchev–Trinajstić information content (AvgIpc) is 4.18. The van der Waals surface area contributed by atoms with Crippen LogP contribution >= 0.6 is 0 Å². The van der Waals surface area contributed by atoms with Crippen molar-refractivity contribution in [2.24, 2.45) is 5.16 Å². The number of hydrogen-bond donors (Lipinski definition) is 6. The fourth-order valence-corrected chi connectivity index (χ4v) is 9.46. The van der Waals surface area contributed by atoms with E-state index in [1.807, 2.05) is 76.3 Å². The summed E-state index contributed by atoms with van der Waals surface area (Å²) >= 11 is 0. The minimum atomic E-state index is -1.80. The predicted octanol–water partition coefficient (Wildman–Crippen LogP) is 3.06. The summed E-state index contributed by atoms with van der Waals surface area (Å²) in [6.07, 6.45) is 12.2. The van der Waals surface area contributed by atoms with Crippen molar-refractivity contribution in [3.63, 3.8) is 0 Å². The minimum Gasteiger partial charge on any atom is -0.432 e. The Kier molecular flexibility index (Phi) is 18.8. The molecule has 3 aliphatic heterocycles. The Morgan fingerprint density at radius 1 is 0.961 bits per heavy atom. The molecule has 2 unspecified atom stereocenters. The number of carbonyl (C=O) groups is 7. The number of pyridine rings is 2. The summed E-state index contributed by atoms with van der Waals surface area (Å²) in [7, 11) is 1.44. The zero-order valence-electron chi connectivity index (χ0n) is 44.6. The maximum atomic E-state index is 14.3. The van der Waals surface area contributed by atoms with Crippen LogP contribution in [-0.2, 0) is 61.8 Å². The lowest BCUT2D eigenvalue weighted by atomic mass is 9.84. The molecule has 2 aromatic heterocycles. The average molecular weight is 1060 g/mol. The fourth-order valence-electron chi connectivity index (χ4n) is 9.46. The van der Waals surface area contributed by atoms with Gasteiger partial charge in [0.25, 0.3) is 5.56 Å². The van der Waals surface area contributed by atoms with E-state index in [4.69, 9.17) is 19.3 Å². The van der Waals surface area contributed by atoms with Crippen LogP contribution < -0.4 is 32.1 Å². The summed E-state index contributed by atoms with van der Waals surface area (Å²) in [4.78, 5) is 118. The first-order valence-electron chi connectivity index (χ1n) is 26.1. The van der Waals surface area contributed by atoms with Gasteiger partial charge in [0, 0.05) is 73.7 Å². The molecular formula is C55H70N10O12. The van der Waals surface area contributed by atoms with Crippen molar-refractivity contribution >= 4 is 58.7 Å². The number of nitrogens with one attached hydrogen (secondary N) is 5. The molecule has 7 amide bonds. The van der Waals surface area contributed by atoms with E-state index >= 15 is 0 Å². The molecule has 0 saturated heterocycles. The van der Waals surface area contributed by atoms with Crippen LogP contribution in [0.1, 0.15) is 108 Å². The maximum absolute atomic E-state index is 14.3. The van der Waals surface area contributed by atoms with Crippen LogP contribution in [0.4, 0.5) is 4.79 Å². The Morgan fingerprint density at radius 3 is 2.43 bits per heavy atom. The number of rotatable bonds is 23. The minimum absolute atomic E-state index is 0.0159. The van der Waals surface area contributed by atoms with E-state index in [1.165, 1.54) is 11.9 Å². The van der Waals surface area contributed by atoms with Gasteiger partial charge in [-0.25, -0.2) is 9.78 Å². The molecule has 1 aliphatic carbocycles. The Hall–Kier alpha value is -7.72. The summed E-state index contributed by atoms with van der Waals surface area (Å²) < 4.78 is 13.4. The second kappa shape index (κ2) is 25.4. The smallest absolute Gasteiger partial charge is 0.410 e. The Morgan fingerprint density at radius 2 is 1.70 bits per heavy atom. The third kappa shape index (κ3) is 14.2. The number of aliphatic hydroxyl groups is 1. The van der Waals surface area contributed by atoms with Crippen molar-refractivity contribution < 1.29 is 53.0 Å². The van der Waals surface area contributed by atoms with Crippen LogP contribution in [0.5, 0.6) is 0 Å². The molecule has 7 rings (SSSR count). The highest BCUT2D eigenvalue weighted by Crippen LogP contribution is 2.43. The van der Waals surface area contributed by atoms with Crippen LogP contribution in [0.15, 0.2) is 76.2 Å². The molecule has 22 heteroatoms. The molecule has 0 fully saturated rings. The third-order valence-corrected chi connectivity index (χ3v) is 13.7. The second-order valence-electron chi connectivity index (χ2n) is 20.5. The standard InChI is InChI=1S/C55H70N10O12/c1-7-55(40-27-43-49-38(32-65(43)51(72)39(40)33-75-52(55)73)37(28-60-77-54(3,4)5)36-18-13-14-19-41(36)62-49)76-53(74)63(6)25-23-56-45(67)30-59-50(71)42(26-35-16-10-8-11-17-35)61-47(69)31-58-46(68)29-57-44(66)20-12-9-15-24-64-34(2)21-22-48(64)70/h10,13-14,16-19,21-22,27-28,34,42,52,73H,7-9,11-12,15,20,23-26,29-33H2,1-6H3,(H,56,67)(H,57,66)(H,58,68)(H,59,71)(H,61,69)/b60-28+/t34?,42-,52?,55+/m0/s1. The highest BCUT2D eigenvalue weighted by Gasteiger charge is 2.50.